The summed E-state index contributed by atoms with van der Waals surface area (Å²) in [5, 5.41) is 6.43. The summed E-state index contributed by atoms with van der Waals surface area (Å²) in [6.45, 7) is 4.17. The van der Waals surface area contributed by atoms with Crippen LogP contribution >= 0.6 is 11.3 Å². The van der Waals surface area contributed by atoms with E-state index in [1.54, 1.807) is 18.4 Å². The Labute approximate surface area is 89.5 Å². The second kappa shape index (κ2) is 5.44. The Kier molecular flexibility index (Phi) is 4.51. The van der Waals surface area contributed by atoms with Crippen molar-refractivity contribution in [2.24, 2.45) is 0 Å². The summed E-state index contributed by atoms with van der Waals surface area (Å²) >= 11 is 1.71. The maximum atomic E-state index is 5.20. The van der Waals surface area contributed by atoms with Gasteiger partial charge in [-0.25, -0.2) is 4.98 Å². The largest absolute Gasteiger partial charge is 0.381 e. The normalized spacial score (nSPS) is 15.4. The van der Waals surface area contributed by atoms with Crippen LogP contribution in [0, 0.1) is 0 Å². The summed E-state index contributed by atoms with van der Waals surface area (Å²) < 4.78 is 5.20. The smallest absolute Gasteiger partial charge is 0.0954 e. The van der Waals surface area contributed by atoms with Crippen molar-refractivity contribution in [2.45, 2.75) is 32.4 Å². The fourth-order valence-corrected chi connectivity index (χ4v) is 2.10. The lowest BCUT2D eigenvalue weighted by Gasteiger charge is -2.07. The van der Waals surface area contributed by atoms with E-state index in [1.165, 1.54) is 0 Å². The fraction of sp³-hybridized carbons (Fsp3) is 0.700. The molecule has 2 unspecified atom stereocenters. The van der Waals surface area contributed by atoms with Gasteiger partial charge in [0.15, 0.2) is 0 Å². The molecule has 1 rings (SSSR count). The second-order valence-corrected chi connectivity index (χ2v) is 4.37. The lowest BCUT2D eigenvalue weighted by atomic mass is 10.2. The molecule has 1 aromatic heterocycles. The predicted octanol–water partition coefficient (Wildman–Crippen LogP) is 2.00. The van der Waals surface area contributed by atoms with Gasteiger partial charge in [0, 0.05) is 25.0 Å². The highest BCUT2D eigenvalue weighted by Crippen LogP contribution is 2.17. The van der Waals surface area contributed by atoms with E-state index >= 15 is 0 Å². The summed E-state index contributed by atoms with van der Waals surface area (Å²) in [6.07, 6.45) is 1.15. The van der Waals surface area contributed by atoms with Gasteiger partial charge in [-0.15, -0.1) is 11.3 Å². The average Bonchev–Trinajstić information content (AvgIpc) is 2.65. The molecule has 0 amide bonds. The number of nitrogens with one attached hydrogen (secondary N) is 1. The molecular weight excluding hydrogens is 196 g/mol. The maximum absolute atomic E-state index is 5.20. The molecule has 0 saturated heterocycles. The van der Waals surface area contributed by atoms with E-state index in [1.807, 2.05) is 7.05 Å². The molecule has 0 fully saturated rings. The van der Waals surface area contributed by atoms with Crippen LogP contribution < -0.4 is 5.32 Å². The first-order chi connectivity index (χ1) is 6.67. The Morgan fingerprint density at radius 1 is 1.57 bits per heavy atom. The molecule has 4 heteroatoms. The maximum Gasteiger partial charge on any atom is 0.0954 e. The summed E-state index contributed by atoms with van der Waals surface area (Å²) in [5.74, 6) is 0. The van der Waals surface area contributed by atoms with Crippen molar-refractivity contribution in [2.75, 3.05) is 14.2 Å². The molecule has 1 heterocycles. The quantitative estimate of drug-likeness (QED) is 0.814. The summed E-state index contributed by atoms with van der Waals surface area (Å²) in [4.78, 5) is 4.54. The van der Waals surface area contributed by atoms with Crippen LogP contribution in [0.4, 0.5) is 0 Å². The first-order valence-electron chi connectivity index (χ1n) is 4.81. The Balaban J connectivity index is 2.59. The summed E-state index contributed by atoms with van der Waals surface area (Å²) in [6, 6.07) is 0.331. The molecule has 0 radical (unpaired) electrons. The number of methoxy groups -OCH3 is 1. The number of nitrogens with zero attached hydrogens (tertiary/aromatic N) is 1. The van der Waals surface area contributed by atoms with Gasteiger partial charge in [-0.05, 0) is 20.9 Å². The molecule has 0 bridgehead atoms. The van der Waals surface area contributed by atoms with Crippen LogP contribution in [0.5, 0.6) is 0 Å². The zero-order valence-electron chi connectivity index (χ0n) is 9.20. The fourth-order valence-electron chi connectivity index (χ4n) is 1.09. The second-order valence-electron chi connectivity index (χ2n) is 3.43. The van der Waals surface area contributed by atoms with Crippen molar-refractivity contribution in [1.82, 2.24) is 10.3 Å². The zero-order valence-corrected chi connectivity index (χ0v) is 10.0. The van der Waals surface area contributed by atoms with Gasteiger partial charge in [-0.3, -0.25) is 0 Å². The zero-order chi connectivity index (χ0) is 10.6. The average molecular weight is 214 g/mol. The van der Waals surface area contributed by atoms with Crippen LogP contribution in [0.2, 0.25) is 0 Å². The highest BCUT2D eigenvalue weighted by molar-refractivity contribution is 7.09. The number of rotatable bonds is 5. The first kappa shape index (κ1) is 11.6. The van der Waals surface area contributed by atoms with Gasteiger partial charge in [0.2, 0.25) is 0 Å². The lowest BCUT2D eigenvalue weighted by molar-refractivity contribution is 0.118. The van der Waals surface area contributed by atoms with Crippen LogP contribution in [-0.2, 0) is 11.2 Å². The third-order valence-corrected chi connectivity index (χ3v) is 3.20. The third-order valence-electron chi connectivity index (χ3n) is 2.31. The molecular formula is C10H18N2OS. The summed E-state index contributed by atoms with van der Waals surface area (Å²) in [5.41, 5.74) is 1.12. The van der Waals surface area contributed by atoms with Crippen molar-refractivity contribution in [1.29, 1.82) is 0 Å². The van der Waals surface area contributed by atoms with Gasteiger partial charge in [-0.1, -0.05) is 0 Å². The molecule has 1 aromatic rings. The molecule has 80 valence electrons. The van der Waals surface area contributed by atoms with Crippen LogP contribution in [-0.4, -0.2) is 25.2 Å². The predicted molar refractivity (Wildman–Crippen MR) is 59.8 cm³/mol. The standard InChI is InChI=1S/C10H18N2OS/c1-7(13-4)5-10-12-9(6-14-10)8(2)11-3/h6-8,11H,5H2,1-4H3. The van der Waals surface area contributed by atoms with E-state index in [-0.39, 0.29) is 6.10 Å². The number of hydrogen-bond donors (Lipinski definition) is 1. The molecule has 0 aliphatic rings. The Bertz CT molecular complexity index is 275. The Morgan fingerprint density at radius 2 is 2.29 bits per heavy atom. The summed E-state index contributed by atoms with van der Waals surface area (Å²) in [7, 11) is 3.68. The van der Waals surface area contributed by atoms with E-state index < -0.39 is 0 Å². The molecule has 0 aliphatic heterocycles. The van der Waals surface area contributed by atoms with Crippen molar-refractivity contribution in [3.63, 3.8) is 0 Å². The van der Waals surface area contributed by atoms with Crippen LogP contribution in [0.1, 0.15) is 30.6 Å². The molecule has 1 N–H and O–H groups in total. The molecule has 14 heavy (non-hydrogen) atoms. The Hall–Kier alpha value is -0.450. The van der Waals surface area contributed by atoms with Gasteiger partial charge in [-0.2, -0.15) is 0 Å². The van der Waals surface area contributed by atoms with Gasteiger partial charge < -0.3 is 10.1 Å². The van der Waals surface area contributed by atoms with Crippen molar-refractivity contribution in [3.05, 3.63) is 16.1 Å². The van der Waals surface area contributed by atoms with E-state index in [9.17, 15) is 0 Å². The molecule has 0 aliphatic carbocycles. The topological polar surface area (TPSA) is 34.1 Å². The number of ether oxygens (including phenoxy) is 1. The van der Waals surface area contributed by atoms with Gasteiger partial charge in [0.05, 0.1) is 16.8 Å². The lowest BCUT2D eigenvalue weighted by Crippen LogP contribution is -2.13. The highest BCUT2D eigenvalue weighted by Gasteiger charge is 2.09. The minimum atomic E-state index is 0.249. The van der Waals surface area contributed by atoms with Crippen LogP contribution in [0.15, 0.2) is 5.38 Å². The number of thiazole rings is 1. The van der Waals surface area contributed by atoms with Gasteiger partial charge >= 0.3 is 0 Å². The Morgan fingerprint density at radius 3 is 2.86 bits per heavy atom. The van der Waals surface area contributed by atoms with Crippen molar-refractivity contribution >= 4 is 11.3 Å². The first-order valence-corrected chi connectivity index (χ1v) is 5.69. The van der Waals surface area contributed by atoms with Crippen LogP contribution in [0.3, 0.4) is 0 Å². The monoisotopic (exact) mass is 214 g/mol. The van der Waals surface area contributed by atoms with Crippen molar-refractivity contribution in [3.8, 4) is 0 Å². The van der Waals surface area contributed by atoms with Crippen molar-refractivity contribution < 1.29 is 4.74 Å². The third kappa shape index (κ3) is 3.04. The minimum absolute atomic E-state index is 0.249. The minimum Gasteiger partial charge on any atom is -0.381 e. The molecule has 0 saturated carbocycles. The van der Waals surface area contributed by atoms with E-state index in [0.717, 1.165) is 17.1 Å². The molecule has 0 spiro atoms. The molecule has 3 nitrogen and oxygen atoms in total. The number of aromatic nitrogens is 1. The van der Waals surface area contributed by atoms with Crippen LogP contribution in [0.25, 0.3) is 0 Å². The van der Waals surface area contributed by atoms with E-state index in [0.29, 0.717) is 6.04 Å². The van der Waals surface area contributed by atoms with Gasteiger partial charge in [0.25, 0.3) is 0 Å². The molecule has 0 aromatic carbocycles. The SMILES string of the molecule is CNC(C)c1csc(CC(C)OC)n1. The highest BCUT2D eigenvalue weighted by atomic mass is 32.1. The number of hydrogen-bond acceptors (Lipinski definition) is 4. The molecule has 2 atom stereocenters. The van der Waals surface area contributed by atoms with E-state index in [4.69, 9.17) is 4.74 Å². The van der Waals surface area contributed by atoms with Gasteiger partial charge in [0.1, 0.15) is 0 Å². The van der Waals surface area contributed by atoms with E-state index in [2.05, 4.69) is 29.5 Å².